The minimum atomic E-state index is 0.478. The molecule has 0 saturated heterocycles. The van der Waals surface area contributed by atoms with Crippen LogP contribution in [0.1, 0.15) is 11.1 Å². The monoisotopic (exact) mass is 534 g/mol. The summed E-state index contributed by atoms with van der Waals surface area (Å²) in [6.45, 7) is 0. The zero-order chi connectivity index (χ0) is 28.2. The smallest absolute Gasteiger partial charge is 0.0998 e. The van der Waals surface area contributed by atoms with Crippen LogP contribution >= 0.6 is 0 Å². The largest absolute Gasteiger partial charge is 0.309 e. The fraction of sp³-hybridized carbons (Fsp3) is 0. The molecule has 194 valence electrons. The summed E-state index contributed by atoms with van der Waals surface area (Å²) in [7, 11) is 0. The SMILES string of the molecule is N#Cc1cccc(C#N)c1-c1cc2c3ccccc3n(-c3ccccc3)c2c2c3ccccc3n(-c3ccccc3)c12. The molecule has 0 unspecified atom stereocenters. The molecule has 0 N–H and O–H groups in total. The van der Waals surface area contributed by atoms with Gasteiger partial charge in [-0.25, -0.2) is 0 Å². The fourth-order valence-electron chi connectivity index (χ4n) is 6.51. The molecule has 0 aliphatic carbocycles. The van der Waals surface area contributed by atoms with E-state index in [4.69, 9.17) is 0 Å². The Labute approximate surface area is 242 Å². The quantitative estimate of drug-likeness (QED) is 0.227. The van der Waals surface area contributed by atoms with Crippen LogP contribution in [0, 0.1) is 22.7 Å². The summed E-state index contributed by atoms with van der Waals surface area (Å²) in [6.07, 6.45) is 0. The lowest BCUT2D eigenvalue weighted by atomic mass is 9.92. The van der Waals surface area contributed by atoms with Crippen molar-refractivity contribution in [2.24, 2.45) is 0 Å². The van der Waals surface area contributed by atoms with Gasteiger partial charge in [-0.15, -0.1) is 0 Å². The van der Waals surface area contributed by atoms with E-state index in [1.807, 2.05) is 24.3 Å². The molecule has 6 aromatic carbocycles. The first kappa shape index (κ1) is 23.8. The first-order chi connectivity index (χ1) is 20.8. The maximum absolute atomic E-state index is 10.3. The van der Waals surface area contributed by atoms with E-state index < -0.39 is 0 Å². The van der Waals surface area contributed by atoms with E-state index >= 15 is 0 Å². The number of fused-ring (bicyclic) bond motifs is 7. The van der Waals surface area contributed by atoms with Crippen LogP contribution in [0.2, 0.25) is 0 Å². The molecule has 0 radical (unpaired) electrons. The van der Waals surface area contributed by atoms with Crippen molar-refractivity contribution >= 4 is 43.6 Å². The number of hydrogen-bond acceptors (Lipinski definition) is 2. The minimum absolute atomic E-state index is 0.478. The molecular formula is C38H22N4. The first-order valence-electron chi connectivity index (χ1n) is 13.8. The number of para-hydroxylation sites is 4. The molecule has 0 amide bonds. The van der Waals surface area contributed by atoms with Gasteiger partial charge in [0.2, 0.25) is 0 Å². The Morgan fingerprint density at radius 2 is 0.952 bits per heavy atom. The van der Waals surface area contributed by atoms with Gasteiger partial charge in [-0.1, -0.05) is 78.9 Å². The van der Waals surface area contributed by atoms with Crippen LogP contribution in [0.25, 0.3) is 66.1 Å². The summed E-state index contributed by atoms with van der Waals surface area (Å²) in [6, 6.07) is 50.0. The Hall–Kier alpha value is -6.10. The number of rotatable bonds is 3. The second-order valence-electron chi connectivity index (χ2n) is 10.4. The third-order valence-corrected chi connectivity index (χ3v) is 8.17. The summed E-state index contributed by atoms with van der Waals surface area (Å²) in [4.78, 5) is 0. The standard InChI is InChI=1S/C38H22N4/c39-23-25-12-11-13-26(24-40)35(25)32-22-31-29-18-7-9-20-33(29)41(27-14-3-1-4-15-27)37(31)36-30-19-8-10-21-34(30)42(38(32)36)28-16-5-2-6-17-28/h1-22H. The molecule has 4 nitrogen and oxygen atoms in total. The summed E-state index contributed by atoms with van der Waals surface area (Å²) in [5.74, 6) is 0. The molecule has 0 saturated carbocycles. The topological polar surface area (TPSA) is 57.4 Å². The predicted octanol–water partition coefficient (Wildman–Crippen LogP) is 9.29. The minimum Gasteiger partial charge on any atom is -0.309 e. The summed E-state index contributed by atoms with van der Waals surface area (Å²) in [5, 5.41) is 24.9. The molecular weight excluding hydrogens is 512 g/mol. The Balaban J connectivity index is 1.73. The van der Waals surface area contributed by atoms with Gasteiger partial charge < -0.3 is 9.13 Å². The number of aromatic nitrogens is 2. The predicted molar refractivity (Wildman–Crippen MR) is 170 cm³/mol. The lowest BCUT2D eigenvalue weighted by Gasteiger charge is -2.15. The van der Waals surface area contributed by atoms with Gasteiger partial charge in [0.15, 0.2) is 0 Å². The zero-order valence-corrected chi connectivity index (χ0v) is 22.5. The van der Waals surface area contributed by atoms with Crippen molar-refractivity contribution < 1.29 is 0 Å². The van der Waals surface area contributed by atoms with Crippen molar-refractivity contribution in [2.45, 2.75) is 0 Å². The highest BCUT2D eigenvalue weighted by molar-refractivity contribution is 6.29. The van der Waals surface area contributed by atoms with Crippen molar-refractivity contribution in [3.05, 3.63) is 145 Å². The molecule has 42 heavy (non-hydrogen) atoms. The van der Waals surface area contributed by atoms with Crippen molar-refractivity contribution in [2.75, 3.05) is 0 Å². The molecule has 0 fully saturated rings. The fourth-order valence-corrected chi connectivity index (χ4v) is 6.51. The van der Waals surface area contributed by atoms with Crippen LogP contribution in [0.4, 0.5) is 0 Å². The number of nitrogens with zero attached hydrogens (tertiary/aromatic N) is 4. The van der Waals surface area contributed by atoms with Crippen LogP contribution < -0.4 is 0 Å². The molecule has 2 aromatic heterocycles. The van der Waals surface area contributed by atoms with Gasteiger partial charge in [0.1, 0.15) is 0 Å². The van der Waals surface area contributed by atoms with Crippen LogP contribution in [0.15, 0.2) is 133 Å². The Morgan fingerprint density at radius 3 is 1.55 bits per heavy atom. The molecule has 2 heterocycles. The normalized spacial score (nSPS) is 11.3. The van der Waals surface area contributed by atoms with Gasteiger partial charge in [0.05, 0.1) is 45.3 Å². The third-order valence-electron chi connectivity index (χ3n) is 8.17. The number of benzene rings is 6. The Morgan fingerprint density at radius 1 is 0.452 bits per heavy atom. The molecule has 8 rings (SSSR count). The summed E-state index contributed by atoms with van der Waals surface area (Å²) >= 11 is 0. The van der Waals surface area contributed by atoms with Gasteiger partial charge in [-0.2, -0.15) is 10.5 Å². The number of hydrogen-bond donors (Lipinski definition) is 0. The zero-order valence-electron chi connectivity index (χ0n) is 22.5. The molecule has 4 heteroatoms. The second kappa shape index (κ2) is 9.24. The van der Waals surface area contributed by atoms with Crippen molar-refractivity contribution in [1.29, 1.82) is 10.5 Å². The van der Waals surface area contributed by atoms with Gasteiger partial charge in [-0.3, -0.25) is 0 Å². The first-order valence-corrected chi connectivity index (χ1v) is 13.8. The van der Waals surface area contributed by atoms with Crippen molar-refractivity contribution in [3.8, 4) is 34.6 Å². The van der Waals surface area contributed by atoms with Crippen LogP contribution in [-0.2, 0) is 0 Å². The highest BCUT2D eigenvalue weighted by atomic mass is 15.0. The van der Waals surface area contributed by atoms with Gasteiger partial charge in [0, 0.05) is 44.0 Å². The van der Waals surface area contributed by atoms with E-state index in [-0.39, 0.29) is 0 Å². The van der Waals surface area contributed by atoms with Crippen molar-refractivity contribution in [3.63, 3.8) is 0 Å². The van der Waals surface area contributed by atoms with E-state index in [0.29, 0.717) is 16.7 Å². The van der Waals surface area contributed by atoms with Crippen LogP contribution in [0.5, 0.6) is 0 Å². The number of nitriles is 2. The summed E-state index contributed by atoms with van der Waals surface area (Å²) < 4.78 is 4.63. The highest BCUT2D eigenvalue weighted by Gasteiger charge is 2.26. The van der Waals surface area contributed by atoms with E-state index in [0.717, 1.165) is 60.5 Å². The molecule has 8 aromatic rings. The third kappa shape index (κ3) is 3.27. The lowest BCUT2D eigenvalue weighted by molar-refractivity contribution is 1.17. The molecule has 0 spiro atoms. The van der Waals surface area contributed by atoms with E-state index in [1.54, 1.807) is 18.2 Å². The van der Waals surface area contributed by atoms with Crippen LogP contribution in [0.3, 0.4) is 0 Å². The van der Waals surface area contributed by atoms with Gasteiger partial charge >= 0.3 is 0 Å². The van der Waals surface area contributed by atoms with Crippen molar-refractivity contribution in [1.82, 2.24) is 9.13 Å². The average molecular weight is 535 g/mol. The highest BCUT2D eigenvalue weighted by Crippen LogP contribution is 2.47. The molecule has 0 aliphatic heterocycles. The average Bonchev–Trinajstić information content (AvgIpc) is 3.58. The Kier molecular flexibility index (Phi) is 5.22. The van der Waals surface area contributed by atoms with E-state index in [1.165, 1.54) is 0 Å². The van der Waals surface area contributed by atoms with Crippen LogP contribution in [-0.4, -0.2) is 9.13 Å². The van der Waals surface area contributed by atoms with Gasteiger partial charge in [-0.05, 0) is 54.6 Å². The maximum atomic E-state index is 10.3. The van der Waals surface area contributed by atoms with E-state index in [2.05, 4.69) is 112 Å². The molecule has 0 bridgehead atoms. The van der Waals surface area contributed by atoms with E-state index in [9.17, 15) is 10.5 Å². The molecule has 0 atom stereocenters. The Bertz CT molecular complexity index is 2380. The van der Waals surface area contributed by atoms with Gasteiger partial charge in [0.25, 0.3) is 0 Å². The second-order valence-corrected chi connectivity index (χ2v) is 10.4. The summed E-state index contributed by atoms with van der Waals surface area (Å²) in [5.41, 5.74) is 8.79. The lowest BCUT2D eigenvalue weighted by Crippen LogP contribution is -1.99. The molecule has 0 aliphatic rings. The maximum Gasteiger partial charge on any atom is 0.0998 e.